The van der Waals surface area contributed by atoms with Crippen molar-refractivity contribution in [2.24, 2.45) is 0 Å². The van der Waals surface area contributed by atoms with Gasteiger partial charge in [0.2, 0.25) is 0 Å². The van der Waals surface area contributed by atoms with Gasteiger partial charge in [-0.1, -0.05) is 18.2 Å². The molecule has 1 saturated carbocycles. The van der Waals surface area contributed by atoms with Crippen LogP contribution in [0.1, 0.15) is 39.5 Å². The summed E-state index contributed by atoms with van der Waals surface area (Å²) in [6.07, 6.45) is 3.82. The third-order valence-corrected chi connectivity index (χ3v) is 6.63. The number of piperazine rings is 1. The number of halogens is 2. The van der Waals surface area contributed by atoms with Crippen molar-refractivity contribution in [1.82, 2.24) is 10.2 Å². The second-order valence-corrected chi connectivity index (χ2v) is 9.36. The number of benzene rings is 2. The number of para-hydroxylation sites is 3. The van der Waals surface area contributed by atoms with Crippen molar-refractivity contribution < 1.29 is 18.3 Å². The highest BCUT2D eigenvalue weighted by Crippen LogP contribution is 2.31. The number of nitrogens with zero attached hydrogens (tertiary/aromatic N) is 2. The first-order chi connectivity index (χ1) is 16.4. The van der Waals surface area contributed by atoms with Gasteiger partial charge >= 0.3 is 6.03 Å². The third-order valence-electron chi connectivity index (χ3n) is 6.63. The smallest absolute Gasteiger partial charge is 0.319 e. The predicted octanol–water partition coefficient (Wildman–Crippen LogP) is 5.01. The van der Waals surface area contributed by atoms with Crippen LogP contribution < -0.4 is 20.3 Å². The maximum Gasteiger partial charge on any atom is 0.319 e. The zero-order chi connectivity index (χ0) is 24.1. The van der Waals surface area contributed by atoms with Gasteiger partial charge < -0.3 is 20.3 Å². The molecule has 1 aliphatic carbocycles. The van der Waals surface area contributed by atoms with Crippen LogP contribution in [0.25, 0.3) is 0 Å². The van der Waals surface area contributed by atoms with Crippen LogP contribution in [0.2, 0.25) is 0 Å². The Morgan fingerprint density at radius 2 is 1.59 bits per heavy atom. The average molecular weight is 473 g/mol. The van der Waals surface area contributed by atoms with E-state index in [0.717, 1.165) is 75.4 Å². The lowest BCUT2D eigenvalue weighted by molar-refractivity contribution is 0.137. The van der Waals surface area contributed by atoms with Crippen molar-refractivity contribution in [3.8, 4) is 5.75 Å². The van der Waals surface area contributed by atoms with Crippen molar-refractivity contribution in [2.45, 2.75) is 57.7 Å². The molecule has 184 valence electrons. The Balaban J connectivity index is 1.23. The molecule has 0 aromatic heterocycles. The fourth-order valence-electron chi connectivity index (χ4n) is 4.94. The summed E-state index contributed by atoms with van der Waals surface area (Å²) >= 11 is 0. The van der Waals surface area contributed by atoms with Crippen molar-refractivity contribution >= 4 is 17.4 Å². The zero-order valence-electron chi connectivity index (χ0n) is 19.9. The summed E-state index contributed by atoms with van der Waals surface area (Å²) in [4.78, 5) is 17.2. The van der Waals surface area contributed by atoms with Crippen molar-refractivity contribution in [3.05, 3.63) is 54.1 Å². The lowest BCUT2D eigenvalue weighted by Gasteiger charge is -2.43. The first kappa shape index (κ1) is 24.3. The van der Waals surface area contributed by atoms with E-state index in [4.69, 9.17) is 4.74 Å². The van der Waals surface area contributed by atoms with Gasteiger partial charge in [-0.25, -0.2) is 13.6 Å². The molecule has 0 spiro atoms. The van der Waals surface area contributed by atoms with E-state index in [1.165, 1.54) is 6.07 Å². The number of carbonyl (C=O) groups is 1. The first-order valence-electron chi connectivity index (χ1n) is 12.2. The Hall–Kier alpha value is -2.87. The Kier molecular flexibility index (Phi) is 7.88. The minimum absolute atomic E-state index is 0.00688. The molecule has 1 aliphatic heterocycles. The minimum Gasteiger partial charge on any atom is -0.489 e. The van der Waals surface area contributed by atoms with E-state index < -0.39 is 23.4 Å². The van der Waals surface area contributed by atoms with E-state index in [1.54, 1.807) is 0 Å². The van der Waals surface area contributed by atoms with Gasteiger partial charge in [-0.05, 0) is 63.8 Å². The average Bonchev–Trinajstić information content (AvgIpc) is 2.82. The summed E-state index contributed by atoms with van der Waals surface area (Å²) in [7, 11) is 0. The van der Waals surface area contributed by atoms with Crippen LogP contribution in [0.3, 0.4) is 0 Å². The van der Waals surface area contributed by atoms with Crippen LogP contribution >= 0.6 is 0 Å². The fraction of sp³-hybridized carbons (Fsp3) is 0.500. The summed E-state index contributed by atoms with van der Waals surface area (Å²) in [5.41, 5.74) is 0.744. The van der Waals surface area contributed by atoms with Crippen LogP contribution in [0.4, 0.5) is 25.0 Å². The van der Waals surface area contributed by atoms with Gasteiger partial charge in [0, 0.05) is 38.3 Å². The third kappa shape index (κ3) is 5.97. The van der Waals surface area contributed by atoms with Crippen LogP contribution in [-0.2, 0) is 0 Å². The molecule has 2 fully saturated rings. The van der Waals surface area contributed by atoms with E-state index in [-0.39, 0.29) is 12.1 Å². The van der Waals surface area contributed by atoms with Gasteiger partial charge in [0.1, 0.15) is 23.1 Å². The number of nitrogens with one attached hydrogen (secondary N) is 2. The topological polar surface area (TPSA) is 56.8 Å². The molecule has 0 atom stereocenters. The highest BCUT2D eigenvalue weighted by Gasteiger charge is 2.29. The molecule has 2 aliphatic rings. The summed E-state index contributed by atoms with van der Waals surface area (Å²) in [6.45, 7) is 7.97. The van der Waals surface area contributed by atoms with Crippen LogP contribution in [0.5, 0.6) is 5.75 Å². The van der Waals surface area contributed by atoms with Gasteiger partial charge in [-0.2, -0.15) is 0 Å². The van der Waals surface area contributed by atoms with Gasteiger partial charge in [0.05, 0.1) is 11.8 Å². The second kappa shape index (κ2) is 11.0. The quantitative estimate of drug-likeness (QED) is 0.621. The molecule has 2 aromatic carbocycles. The number of ether oxygens (including phenoxy) is 1. The molecule has 34 heavy (non-hydrogen) atoms. The number of anilines is 2. The Morgan fingerprint density at radius 1 is 0.941 bits per heavy atom. The van der Waals surface area contributed by atoms with E-state index >= 15 is 0 Å². The monoisotopic (exact) mass is 472 g/mol. The van der Waals surface area contributed by atoms with E-state index in [2.05, 4.69) is 32.6 Å². The molecule has 0 radical (unpaired) electrons. The molecule has 2 amide bonds. The minimum atomic E-state index is -0.781. The molecule has 4 rings (SSSR count). The number of amides is 2. The van der Waals surface area contributed by atoms with Gasteiger partial charge in [0.15, 0.2) is 0 Å². The van der Waals surface area contributed by atoms with E-state index in [9.17, 15) is 13.6 Å². The normalized spacial score (nSPS) is 21.4. The van der Waals surface area contributed by atoms with Crippen LogP contribution in [0, 0.1) is 11.6 Å². The Labute approximate surface area is 200 Å². The molecular formula is C26H34F2N4O2. The predicted molar refractivity (Wildman–Crippen MR) is 131 cm³/mol. The standard InChI is InChI=1S/C26H34F2N4O2/c1-18(2)34-24-9-4-3-8-23(24)32-16-14-31(15-17-32)20-12-10-19(11-13-20)29-26(33)30-25-21(27)6-5-7-22(25)28/h3-9,18-20H,10-17H2,1-2H3,(H2,29,30,33)/t19-,20+. The van der Waals surface area contributed by atoms with Crippen LogP contribution in [-0.4, -0.2) is 55.3 Å². The molecule has 8 heteroatoms. The van der Waals surface area contributed by atoms with Gasteiger partial charge in [0.25, 0.3) is 0 Å². The highest BCUT2D eigenvalue weighted by molar-refractivity contribution is 5.89. The summed E-state index contributed by atoms with van der Waals surface area (Å²) in [6, 6.07) is 11.7. The fourth-order valence-corrected chi connectivity index (χ4v) is 4.94. The second-order valence-electron chi connectivity index (χ2n) is 9.36. The van der Waals surface area contributed by atoms with E-state index in [0.29, 0.717) is 6.04 Å². The summed E-state index contributed by atoms with van der Waals surface area (Å²) in [5, 5.41) is 5.18. The molecule has 2 N–H and O–H groups in total. The number of carbonyl (C=O) groups excluding carboxylic acids is 1. The van der Waals surface area contributed by atoms with Crippen LogP contribution in [0.15, 0.2) is 42.5 Å². The number of hydrogen-bond donors (Lipinski definition) is 2. The number of hydrogen-bond acceptors (Lipinski definition) is 4. The molecule has 6 nitrogen and oxygen atoms in total. The van der Waals surface area contributed by atoms with Gasteiger partial charge in [-0.3, -0.25) is 4.90 Å². The molecule has 1 heterocycles. The molecule has 2 aromatic rings. The molecule has 0 unspecified atom stereocenters. The van der Waals surface area contributed by atoms with Crippen molar-refractivity contribution in [2.75, 3.05) is 36.4 Å². The largest absolute Gasteiger partial charge is 0.489 e. The lowest BCUT2D eigenvalue weighted by atomic mass is 9.90. The Bertz CT molecular complexity index is 951. The zero-order valence-corrected chi connectivity index (χ0v) is 19.9. The van der Waals surface area contributed by atoms with Gasteiger partial charge in [-0.15, -0.1) is 0 Å². The maximum atomic E-state index is 13.8. The summed E-state index contributed by atoms with van der Waals surface area (Å²) in [5.74, 6) is -0.626. The first-order valence-corrected chi connectivity index (χ1v) is 12.2. The molecular weight excluding hydrogens is 438 g/mol. The Morgan fingerprint density at radius 3 is 2.24 bits per heavy atom. The molecule has 1 saturated heterocycles. The number of urea groups is 1. The van der Waals surface area contributed by atoms with Crippen molar-refractivity contribution in [1.29, 1.82) is 0 Å². The number of rotatable bonds is 6. The van der Waals surface area contributed by atoms with Crippen molar-refractivity contribution in [3.63, 3.8) is 0 Å². The highest BCUT2D eigenvalue weighted by atomic mass is 19.1. The molecule has 0 bridgehead atoms. The lowest BCUT2D eigenvalue weighted by Crippen LogP contribution is -2.52. The SMILES string of the molecule is CC(C)Oc1ccccc1N1CCN([C@H]2CC[C@@H](NC(=O)Nc3c(F)cccc3F)CC2)CC1. The summed E-state index contributed by atoms with van der Waals surface area (Å²) < 4.78 is 33.5. The van der Waals surface area contributed by atoms with E-state index in [1.807, 2.05) is 26.0 Å². The maximum absolute atomic E-state index is 13.8.